The van der Waals surface area contributed by atoms with Crippen LogP contribution in [0.25, 0.3) is 11.3 Å². The number of carbonyl (C=O) groups excluding carboxylic acids is 1. The SMILES string of the molecule is CC(C)c1ccc(N=c2scc(-c3ccc4c(c3)NC(=O)CO4)n2CCc2ccccn2)cc1. The quantitative estimate of drug-likeness (QED) is 0.402. The molecule has 0 saturated heterocycles. The van der Waals surface area contributed by atoms with Crippen LogP contribution >= 0.6 is 11.3 Å². The third-order valence-electron chi connectivity index (χ3n) is 5.81. The zero-order chi connectivity index (χ0) is 23.5. The Hall–Kier alpha value is -3.71. The first kappa shape index (κ1) is 22.1. The fourth-order valence-corrected chi connectivity index (χ4v) is 4.88. The average Bonchev–Trinajstić information content (AvgIpc) is 3.25. The van der Waals surface area contributed by atoms with Crippen molar-refractivity contribution in [2.75, 3.05) is 11.9 Å². The van der Waals surface area contributed by atoms with Crippen molar-refractivity contribution in [3.8, 4) is 17.0 Å². The molecule has 0 aliphatic carbocycles. The highest BCUT2D eigenvalue weighted by Gasteiger charge is 2.18. The molecule has 6 nitrogen and oxygen atoms in total. The third kappa shape index (κ3) is 4.79. The number of pyridine rings is 1. The van der Waals surface area contributed by atoms with Gasteiger partial charge in [0.1, 0.15) is 5.75 Å². The lowest BCUT2D eigenvalue weighted by molar-refractivity contribution is -0.118. The van der Waals surface area contributed by atoms with E-state index in [4.69, 9.17) is 9.73 Å². The number of ether oxygens (including phenoxy) is 1. The molecule has 0 radical (unpaired) electrons. The molecular formula is C27H26N4O2S. The summed E-state index contributed by atoms with van der Waals surface area (Å²) in [7, 11) is 0. The number of nitrogens with zero attached hydrogens (tertiary/aromatic N) is 3. The van der Waals surface area contributed by atoms with Gasteiger partial charge in [0.05, 0.1) is 17.1 Å². The number of thiazole rings is 1. The van der Waals surface area contributed by atoms with Gasteiger partial charge in [0.15, 0.2) is 11.4 Å². The minimum Gasteiger partial charge on any atom is -0.482 e. The van der Waals surface area contributed by atoms with Crippen LogP contribution in [0.2, 0.25) is 0 Å². The number of amides is 1. The molecule has 1 N–H and O–H groups in total. The monoisotopic (exact) mass is 470 g/mol. The van der Waals surface area contributed by atoms with E-state index in [0.717, 1.165) is 40.4 Å². The first-order chi connectivity index (χ1) is 16.6. The van der Waals surface area contributed by atoms with E-state index in [2.05, 4.69) is 58.4 Å². The third-order valence-corrected chi connectivity index (χ3v) is 6.67. The van der Waals surface area contributed by atoms with Crippen molar-refractivity contribution >= 4 is 28.6 Å². The maximum Gasteiger partial charge on any atom is 0.262 e. The molecule has 1 amide bonds. The molecule has 34 heavy (non-hydrogen) atoms. The van der Waals surface area contributed by atoms with Crippen molar-refractivity contribution in [3.63, 3.8) is 0 Å². The molecule has 7 heteroatoms. The normalized spacial score (nSPS) is 13.5. The van der Waals surface area contributed by atoms with Crippen LogP contribution in [0, 0.1) is 0 Å². The first-order valence-electron chi connectivity index (χ1n) is 11.4. The number of nitrogens with one attached hydrogen (secondary N) is 1. The lowest BCUT2D eigenvalue weighted by atomic mass is 10.0. The number of rotatable bonds is 6. The molecule has 3 heterocycles. The predicted octanol–water partition coefficient (Wildman–Crippen LogP) is 5.54. The Morgan fingerprint density at radius 1 is 1.15 bits per heavy atom. The number of hydrogen-bond acceptors (Lipinski definition) is 5. The topological polar surface area (TPSA) is 68.5 Å². The second-order valence-electron chi connectivity index (χ2n) is 8.53. The summed E-state index contributed by atoms with van der Waals surface area (Å²) in [5.41, 5.74) is 5.99. The summed E-state index contributed by atoms with van der Waals surface area (Å²) >= 11 is 1.61. The van der Waals surface area contributed by atoms with E-state index in [1.54, 1.807) is 11.3 Å². The Morgan fingerprint density at radius 3 is 2.76 bits per heavy atom. The maximum absolute atomic E-state index is 11.8. The van der Waals surface area contributed by atoms with Crippen LogP contribution in [0.1, 0.15) is 31.0 Å². The number of fused-ring (bicyclic) bond motifs is 1. The number of benzene rings is 2. The van der Waals surface area contributed by atoms with Crippen LogP contribution in [0.5, 0.6) is 5.75 Å². The van der Waals surface area contributed by atoms with Gasteiger partial charge in [-0.3, -0.25) is 9.78 Å². The van der Waals surface area contributed by atoms with E-state index in [0.29, 0.717) is 17.4 Å². The minimum atomic E-state index is -0.140. The van der Waals surface area contributed by atoms with E-state index in [-0.39, 0.29) is 12.5 Å². The number of anilines is 1. The summed E-state index contributed by atoms with van der Waals surface area (Å²) in [6, 6.07) is 20.3. The van der Waals surface area contributed by atoms with E-state index in [9.17, 15) is 4.79 Å². The molecule has 1 aliphatic rings. The van der Waals surface area contributed by atoms with Gasteiger partial charge in [-0.15, -0.1) is 11.3 Å². The predicted molar refractivity (Wildman–Crippen MR) is 136 cm³/mol. The maximum atomic E-state index is 11.8. The summed E-state index contributed by atoms with van der Waals surface area (Å²) in [6.45, 7) is 5.16. The second-order valence-corrected chi connectivity index (χ2v) is 9.37. The molecule has 0 spiro atoms. The molecule has 0 unspecified atom stereocenters. The van der Waals surface area contributed by atoms with Crippen LogP contribution in [0.3, 0.4) is 0 Å². The smallest absolute Gasteiger partial charge is 0.262 e. The molecule has 0 saturated carbocycles. The van der Waals surface area contributed by atoms with Crippen LogP contribution in [0.4, 0.5) is 11.4 Å². The lowest BCUT2D eigenvalue weighted by Crippen LogP contribution is -2.25. The number of aryl methyl sites for hydroxylation is 1. The van der Waals surface area contributed by atoms with E-state index >= 15 is 0 Å². The molecule has 0 fully saturated rings. The van der Waals surface area contributed by atoms with Crippen LogP contribution < -0.4 is 14.9 Å². The standard InChI is InChI=1S/C27H26N4O2S/c1-18(2)19-6-9-22(10-7-19)29-27-31(14-12-21-5-3-4-13-28-21)24(17-34-27)20-8-11-25-23(15-20)30-26(32)16-33-25/h3-11,13,15,17-18H,12,14,16H2,1-2H3,(H,30,32). The molecule has 4 aromatic rings. The summed E-state index contributed by atoms with van der Waals surface area (Å²) in [6.07, 6.45) is 2.61. The minimum absolute atomic E-state index is 0.0491. The summed E-state index contributed by atoms with van der Waals surface area (Å²) in [4.78, 5) is 22.2. The molecule has 2 aromatic heterocycles. The van der Waals surface area contributed by atoms with Gasteiger partial charge in [0.2, 0.25) is 0 Å². The van der Waals surface area contributed by atoms with E-state index in [1.807, 2.05) is 42.6 Å². The number of carbonyl (C=O) groups is 1. The largest absolute Gasteiger partial charge is 0.482 e. The molecule has 5 rings (SSSR count). The highest BCUT2D eigenvalue weighted by Crippen LogP contribution is 2.33. The zero-order valence-electron chi connectivity index (χ0n) is 19.2. The van der Waals surface area contributed by atoms with Gasteiger partial charge >= 0.3 is 0 Å². The van der Waals surface area contributed by atoms with Crippen molar-refractivity contribution in [1.29, 1.82) is 0 Å². The van der Waals surface area contributed by atoms with Crippen LogP contribution in [-0.2, 0) is 17.8 Å². The number of aromatic nitrogens is 2. The second kappa shape index (κ2) is 9.65. The average molecular weight is 471 g/mol. The van der Waals surface area contributed by atoms with Gasteiger partial charge in [-0.25, -0.2) is 4.99 Å². The fourth-order valence-electron chi connectivity index (χ4n) is 3.92. The van der Waals surface area contributed by atoms with Gasteiger partial charge in [-0.2, -0.15) is 0 Å². The first-order valence-corrected chi connectivity index (χ1v) is 12.2. The molecule has 2 aromatic carbocycles. The van der Waals surface area contributed by atoms with Gasteiger partial charge in [0, 0.05) is 35.8 Å². The highest BCUT2D eigenvalue weighted by molar-refractivity contribution is 7.07. The molecular weight excluding hydrogens is 444 g/mol. The van der Waals surface area contributed by atoms with Crippen molar-refractivity contribution in [2.24, 2.45) is 4.99 Å². The Bertz CT molecular complexity index is 1370. The zero-order valence-corrected chi connectivity index (χ0v) is 20.0. The van der Waals surface area contributed by atoms with Gasteiger partial charge < -0.3 is 14.6 Å². The van der Waals surface area contributed by atoms with Crippen molar-refractivity contribution in [1.82, 2.24) is 9.55 Å². The summed E-state index contributed by atoms with van der Waals surface area (Å²) in [5.74, 6) is 1.03. The Morgan fingerprint density at radius 2 is 2.00 bits per heavy atom. The van der Waals surface area contributed by atoms with Gasteiger partial charge in [-0.1, -0.05) is 32.0 Å². The van der Waals surface area contributed by atoms with Crippen LogP contribution in [0.15, 0.2) is 77.2 Å². The summed E-state index contributed by atoms with van der Waals surface area (Å²) < 4.78 is 7.75. The Balaban J connectivity index is 1.54. The van der Waals surface area contributed by atoms with E-state index < -0.39 is 0 Å². The van der Waals surface area contributed by atoms with Crippen molar-refractivity contribution in [2.45, 2.75) is 32.7 Å². The van der Waals surface area contributed by atoms with Crippen molar-refractivity contribution < 1.29 is 9.53 Å². The fraction of sp³-hybridized carbons (Fsp3) is 0.222. The Kier molecular flexibility index (Phi) is 6.27. The number of hydrogen-bond donors (Lipinski definition) is 1. The highest BCUT2D eigenvalue weighted by atomic mass is 32.1. The molecule has 0 bridgehead atoms. The van der Waals surface area contributed by atoms with Gasteiger partial charge in [0.25, 0.3) is 5.91 Å². The Labute approximate surface area is 202 Å². The molecule has 1 aliphatic heterocycles. The molecule has 0 atom stereocenters. The molecule has 172 valence electrons. The van der Waals surface area contributed by atoms with Crippen LogP contribution in [-0.4, -0.2) is 22.1 Å². The van der Waals surface area contributed by atoms with Crippen molar-refractivity contribution in [3.05, 3.63) is 88.3 Å². The van der Waals surface area contributed by atoms with Gasteiger partial charge in [-0.05, 0) is 53.9 Å². The summed E-state index contributed by atoms with van der Waals surface area (Å²) in [5, 5.41) is 5.02. The lowest BCUT2D eigenvalue weighted by Gasteiger charge is -2.19. The van der Waals surface area contributed by atoms with E-state index in [1.165, 1.54) is 5.56 Å².